The number of ether oxygens (including phenoxy) is 3. The molecule has 0 bridgehead atoms. The van der Waals surface area contributed by atoms with Crippen molar-refractivity contribution in [2.45, 2.75) is 25.9 Å². The smallest absolute Gasteiger partial charge is 0.184 e. The van der Waals surface area contributed by atoms with E-state index in [1.54, 1.807) is 12.1 Å². The van der Waals surface area contributed by atoms with E-state index in [0.29, 0.717) is 25.4 Å². The van der Waals surface area contributed by atoms with Gasteiger partial charge in [-0.2, -0.15) is 0 Å². The van der Waals surface area contributed by atoms with E-state index in [9.17, 15) is 4.39 Å². The lowest BCUT2D eigenvalue weighted by Gasteiger charge is -2.29. The highest BCUT2D eigenvalue weighted by molar-refractivity contribution is 5.20. The zero-order valence-corrected chi connectivity index (χ0v) is 12.5. The summed E-state index contributed by atoms with van der Waals surface area (Å²) >= 11 is 0. The monoisotopic (exact) mass is 302 g/mol. The second-order valence-corrected chi connectivity index (χ2v) is 5.47. The molecule has 0 spiro atoms. The van der Waals surface area contributed by atoms with E-state index in [2.05, 4.69) is 31.2 Å². The third-order valence-corrected chi connectivity index (χ3v) is 3.59. The van der Waals surface area contributed by atoms with Gasteiger partial charge in [-0.1, -0.05) is 42.0 Å². The van der Waals surface area contributed by atoms with E-state index in [0.717, 1.165) is 5.56 Å². The van der Waals surface area contributed by atoms with E-state index in [-0.39, 0.29) is 11.9 Å². The Kier molecular flexibility index (Phi) is 4.83. The minimum atomic E-state index is -0.519. The summed E-state index contributed by atoms with van der Waals surface area (Å²) in [6.07, 6.45) is -0.624. The van der Waals surface area contributed by atoms with Crippen molar-refractivity contribution in [1.82, 2.24) is 0 Å². The molecule has 0 N–H and O–H groups in total. The van der Waals surface area contributed by atoms with E-state index in [1.807, 2.05) is 0 Å². The molecule has 22 heavy (non-hydrogen) atoms. The van der Waals surface area contributed by atoms with Crippen LogP contribution in [-0.4, -0.2) is 19.3 Å². The van der Waals surface area contributed by atoms with Crippen molar-refractivity contribution in [1.29, 1.82) is 0 Å². The van der Waals surface area contributed by atoms with Gasteiger partial charge in [-0.15, -0.1) is 0 Å². The van der Waals surface area contributed by atoms with Gasteiger partial charge in [0.1, 0.15) is 11.9 Å². The number of hydrogen-bond donors (Lipinski definition) is 0. The molecule has 1 aliphatic rings. The lowest BCUT2D eigenvalue weighted by Crippen LogP contribution is -2.33. The van der Waals surface area contributed by atoms with Crippen molar-refractivity contribution < 1.29 is 18.6 Å². The first-order valence-corrected chi connectivity index (χ1v) is 7.36. The molecule has 1 heterocycles. The molecule has 0 amide bonds. The maximum atomic E-state index is 13.2. The third-order valence-electron chi connectivity index (χ3n) is 3.59. The summed E-state index contributed by atoms with van der Waals surface area (Å²) in [5.74, 6) is -0.289. The predicted molar refractivity (Wildman–Crippen MR) is 80.8 cm³/mol. The number of aryl methyl sites for hydroxylation is 1. The van der Waals surface area contributed by atoms with Gasteiger partial charge in [0.05, 0.1) is 19.8 Å². The highest BCUT2D eigenvalue weighted by atomic mass is 19.1. The summed E-state index contributed by atoms with van der Waals surface area (Å²) < 4.78 is 30.2. The molecule has 1 aliphatic heterocycles. The standard InChI is InChI=1S/C18H19FO3/c1-13-5-7-14(8-6-13)10-20-17-11-21-18(22-12-17)15-3-2-4-16(19)9-15/h2-9,17-18H,10-12H2,1H3. The second kappa shape index (κ2) is 7.01. The maximum Gasteiger partial charge on any atom is 0.184 e. The molecule has 0 aromatic heterocycles. The topological polar surface area (TPSA) is 27.7 Å². The van der Waals surface area contributed by atoms with Gasteiger partial charge in [-0.3, -0.25) is 0 Å². The number of rotatable bonds is 4. The molecule has 0 radical (unpaired) electrons. The van der Waals surface area contributed by atoms with Crippen LogP contribution in [0.3, 0.4) is 0 Å². The first-order valence-electron chi connectivity index (χ1n) is 7.36. The fourth-order valence-corrected chi connectivity index (χ4v) is 2.33. The molecule has 1 saturated heterocycles. The molecule has 0 atom stereocenters. The van der Waals surface area contributed by atoms with Crippen LogP contribution in [0, 0.1) is 12.7 Å². The van der Waals surface area contributed by atoms with E-state index >= 15 is 0 Å². The molecule has 2 aromatic rings. The Labute approximate surface area is 129 Å². The van der Waals surface area contributed by atoms with E-state index in [1.165, 1.54) is 17.7 Å². The highest BCUT2D eigenvalue weighted by Crippen LogP contribution is 2.24. The van der Waals surface area contributed by atoms with Crippen molar-refractivity contribution in [3.05, 3.63) is 71.0 Å². The van der Waals surface area contributed by atoms with Gasteiger partial charge in [-0.05, 0) is 24.6 Å². The Hall–Kier alpha value is -1.75. The summed E-state index contributed by atoms with van der Waals surface area (Å²) in [4.78, 5) is 0. The van der Waals surface area contributed by atoms with Crippen LogP contribution >= 0.6 is 0 Å². The van der Waals surface area contributed by atoms with Gasteiger partial charge in [0.25, 0.3) is 0 Å². The Balaban J connectivity index is 1.48. The molecular formula is C18H19FO3. The molecule has 3 rings (SSSR count). The van der Waals surface area contributed by atoms with Crippen LogP contribution in [-0.2, 0) is 20.8 Å². The fraction of sp³-hybridized carbons (Fsp3) is 0.333. The molecule has 116 valence electrons. The summed E-state index contributed by atoms with van der Waals surface area (Å²) in [5, 5.41) is 0. The summed E-state index contributed by atoms with van der Waals surface area (Å²) in [6, 6.07) is 14.5. The van der Waals surface area contributed by atoms with Crippen molar-refractivity contribution in [2.75, 3.05) is 13.2 Å². The molecule has 0 aliphatic carbocycles. The predicted octanol–water partition coefficient (Wildman–Crippen LogP) is 3.76. The van der Waals surface area contributed by atoms with Gasteiger partial charge >= 0.3 is 0 Å². The van der Waals surface area contributed by atoms with Gasteiger partial charge in [0, 0.05) is 5.56 Å². The number of benzene rings is 2. The van der Waals surface area contributed by atoms with Crippen LogP contribution in [0.1, 0.15) is 23.0 Å². The lowest BCUT2D eigenvalue weighted by atomic mass is 10.2. The van der Waals surface area contributed by atoms with Gasteiger partial charge < -0.3 is 14.2 Å². The quantitative estimate of drug-likeness (QED) is 0.860. The average Bonchev–Trinajstić information content (AvgIpc) is 2.55. The highest BCUT2D eigenvalue weighted by Gasteiger charge is 2.24. The molecule has 1 fully saturated rings. The van der Waals surface area contributed by atoms with Crippen molar-refractivity contribution in [2.24, 2.45) is 0 Å². The molecule has 3 nitrogen and oxygen atoms in total. The molecule has 2 aromatic carbocycles. The van der Waals surface area contributed by atoms with Crippen molar-refractivity contribution in [3.63, 3.8) is 0 Å². The fourth-order valence-electron chi connectivity index (χ4n) is 2.33. The summed E-state index contributed by atoms with van der Waals surface area (Å²) in [6.45, 7) is 3.46. The van der Waals surface area contributed by atoms with Crippen LogP contribution in [0.15, 0.2) is 48.5 Å². The number of halogens is 1. The summed E-state index contributed by atoms with van der Waals surface area (Å²) in [7, 11) is 0. The Morgan fingerprint density at radius 2 is 1.82 bits per heavy atom. The molecule has 0 saturated carbocycles. The second-order valence-electron chi connectivity index (χ2n) is 5.47. The Morgan fingerprint density at radius 3 is 2.50 bits per heavy atom. The summed E-state index contributed by atoms with van der Waals surface area (Å²) in [5.41, 5.74) is 3.04. The Bertz CT molecular complexity index is 604. The van der Waals surface area contributed by atoms with E-state index in [4.69, 9.17) is 14.2 Å². The minimum absolute atomic E-state index is 0.105. The van der Waals surface area contributed by atoms with Gasteiger partial charge in [0.2, 0.25) is 0 Å². The lowest BCUT2D eigenvalue weighted by molar-refractivity contribution is -0.232. The van der Waals surface area contributed by atoms with Crippen LogP contribution in [0.4, 0.5) is 4.39 Å². The Morgan fingerprint density at radius 1 is 1.09 bits per heavy atom. The average molecular weight is 302 g/mol. The van der Waals surface area contributed by atoms with E-state index < -0.39 is 6.29 Å². The van der Waals surface area contributed by atoms with Gasteiger partial charge in [-0.25, -0.2) is 4.39 Å². The van der Waals surface area contributed by atoms with Crippen molar-refractivity contribution in [3.8, 4) is 0 Å². The van der Waals surface area contributed by atoms with Crippen LogP contribution in [0.2, 0.25) is 0 Å². The molecule has 0 unspecified atom stereocenters. The zero-order chi connectivity index (χ0) is 15.4. The van der Waals surface area contributed by atoms with Crippen LogP contribution < -0.4 is 0 Å². The largest absolute Gasteiger partial charge is 0.369 e. The normalized spacial score (nSPS) is 21.7. The SMILES string of the molecule is Cc1ccc(COC2COC(c3cccc(F)c3)OC2)cc1. The molecular weight excluding hydrogens is 283 g/mol. The zero-order valence-electron chi connectivity index (χ0n) is 12.5. The van der Waals surface area contributed by atoms with Crippen LogP contribution in [0.25, 0.3) is 0 Å². The molecule has 4 heteroatoms. The minimum Gasteiger partial charge on any atom is -0.369 e. The van der Waals surface area contributed by atoms with Gasteiger partial charge in [0.15, 0.2) is 6.29 Å². The number of hydrogen-bond acceptors (Lipinski definition) is 3. The first-order chi connectivity index (χ1) is 10.7. The maximum absolute atomic E-state index is 13.2. The van der Waals surface area contributed by atoms with Crippen LogP contribution in [0.5, 0.6) is 0 Å². The van der Waals surface area contributed by atoms with Crippen molar-refractivity contribution >= 4 is 0 Å². The first kappa shape index (κ1) is 15.2. The third kappa shape index (κ3) is 3.91.